The molecule has 0 heterocycles. The van der Waals surface area contributed by atoms with Crippen molar-refractivity contribution in [1.82, 2.24) is 4.90 Å². The second-order valence-corrected chi connectivity index (χ2v) is 4.21. The summed E-state index contributed by atoms with van der Waals surface area (Å²) in [5.74, 6) is 0.393. The molecule has 0 aromatic heterocycles. The molecule has 0 aliphatic carbocycles. The van der Waals surface area contributed by atoms with Gasteiger partial charge in [0.25, 0.3) is 0 Å². The van der Waals surface area contributed by atoms with Gasteiger partial charge < -0.3 is 20.1 Å². The van der Waals surface area contributed by atoms with Crippen LogP contribution in [0.4, 0.5) is 0 Å². The van der Waals surface area contributed by atoms with Crippen molar-refractivity contribution in [2.45, 2.75) is 20.3 Å². The maximum absolute atomic E-state index is 7.37. The maximum atomic E-state index is 7.37. The van der Waals surface area contributed by atoms with Gasteiger partial charge in [-0.15, -0.1) is 0 Å². The topological polar surface area (TPSA) is 71.6 Å². The first-order valence-electron chi connectivity index (χ1n) is 6.24. The Bertz CT molecular complexity index is 200. The van der Waals surface area contributed by atoms with Crippen LogP contribution in [0.1, 0.15) is 20.3 Å². The minimum absolute atomic E-state index is 0.129. The van der Waals surface area contributed by atoms with Gasteiger partial charge in [-0.25, -0.2) is 0 Å². The molecule has 0 aromatic carbocycles. The second-order valence-electron chi connectivity index (χ2n) is 4.21. The van der Waals surface area contributed by atoms with E-state index in [0.29, 0.717) is 13.2 Å². The molecule has 1 atom stereocenters. The molecule has 0 bridgehead atoms. The molecule has 5 nitrogen and oxygen atoms in total. The van der Waals surface area contributed by atoms with Crippen molar-refractivity contribution in [1.29, 1.82) is 5.41 Å². The van der Waals surface area contributed by atoms with E-state index in [2.05, 4.69) is 11.8 Å². The van der Waals surface area contributed by atoms with Crippen molar-refractivity contribution >= 4 is 5.84 Å². The number of nitrogens with two attached hydrogens (primary N) is 1. The summed E-state index contributed by atoms with van der Waals surface area (Å²) in [7, 11) is 1.67. The zero-order valence-electron chi connectivity index (χ0n) is 11.4. The summed E-state index contributed by atoms with van der Waals surface area (Å²) in [5, 5.41) is 7.37. The van der Waals surface area contributed by atoms with E-state index in [4.69, 9.17) is 20.6 Å². The summed E-state index contributed by atoms with van der Waals surface area (Å²) in [6.07, 6.45) is 1.00. The molecule has 0 amide bonds. The van der Waals surface area contributed by atoms with E-state index in [0.717, 1.165) is 32.7 Å². The van der Waals surface area contributed by atoms with Gasteiger partial charge in [0.1, 0.15) is 0 Å². The van der Waals surface area contributed by atoms with E-state index in [-0.39, 0.29) is 11.8 Å². The molecule has 0 spiro atoms. The Kier molecular flexibility index (Phi) is 10.1. The van der Waals surface area contributed by atoms with E-state index in [1.54, 1.807) is 7.11 Å². The van der Waals surface area contributed by atoms with Crippen LogP contribution in [0.5, 0.6) is 0 Å². The molecule has 0 saturated heterocycles. The first kappa shape index (κ1) is 16.4. The van der Waals surface area contributed by atoms with Crippen LogP contribution < -0.4 is 5.73 Å². The predicted molar refractivity (Wildman–Crippen MR) is 70.5 cm³/mol. The quantitative estimate of drug-likeness (QED) is 0.323. The lowest BCUT2D eigenvalue weighted by Crippen LogP contribution is -2.35. The number of amidine groups is 1. The van der Waals surface area contributed by atoms with E-state index < -0.39 is 0 Å². The fourth-order valence-electron chi connectivity index (χ4n) is 1.50. The number of hydrogen-bond donors (Lipinski definition) is 2. The average Bonchev–Trinajstić information content (AvgIpc) is 2.31. The first-order chi connectivity index (χ1) is 8.11. The summed E-state index contributed by atoms with van der Waals surface area (Å²) < 4.78 is 10.3. The molecular weight excluding hydrogens is 218 g/mol. The van der Waals surface area contributed by atoms with Gasteiger partial charge >= 0.3 is 0 Å². The summed E-state index contributed by atoms with van der Waals surface area (Å²) in [4.78, 5) is 2.30. The van der Waals surface area contributed by atoms with Gasteiger partial charge in [-0.05, 0) is 13.0 Å². The minimum Gasteiger partial charge on any atom is -0.387 e. The molecule has 0 aliphatic rings. The Morgan fingerprint density at radius 3 is 2.59 bits per heavy atom. The number of nitrogens with one attached hydrogen (secondary N) is 1. The first-order valence-corrected chi connectivity index (χ1v) is 6.24. The molecule has 0 aromatic rings. The predicted octanol–water partition coefficient (Wildman–Crippen LogP) is 0.933. The van der Waals surface area contributed by atoms with Crippen molar-refractivity contribution < 1.29 is 9.47 Å². The highest BCUT2D eigenvalue weighted by Gasteiger charge is 2.10. The summed E-state index contributed by atoms with van der Waals surface area (Å²) >= 11 is 0. The third-order valence-corrected chi connectivity index (χ3v) is 2.71. The number of ether oxygens (including phenoxy) is 2. The number of rotatable bonds is 11. The van der Waals surface area contributed by atoms with Crippen molar-refractivity contribution in [3.05, 3.63) is 0 Å². The zero-order valence-corrected chi connectivity index (χ0v) is 11.4. The smallest absolute Gasteiger partial charge is 0.0947 e. The van der Waals surface area contributed by atoms with Crippen molar-refractivity contribution in [2.75, 3.05) is 46.6 Å². The second kappa shape index (κ2) is 10.5. The molecule has 102 valence electrons. The lowest BCUT2D eigenvalue weighted by molar-refractivity contribution is 0.0652. The van der Waals surface area contributed by atoms with Crippen molar-refractivity contribution in [3.8, 4) is 0 Å². The van der Waals surface area contributed by atoms with Crippen LogP contribution in [0.2, 0.25) is 0 Å². The SMILES string of the molecule is CCN(CCCOCCOC)CC(C)C(=N)N. The van der Waals surface area contributed by atoms with Crippen LogP contribution in [0.3, 0.4) is 0 Å². The molecule has 0 saturated carbocycles. The summed E-state index contributed by atoms with van der Waals surface area (Å²) in [6, 6.07) is 0. The van der Waals surface area contributed by atoms with Gasteiger partial charge in [-0.3, -0.25) is 5.41 Å². The van der Waals surface area contributed by atoms with Gasteiger partial charge in [0.2, 0.25) is 0 Å². The van der Waals surface area contributed by atoms with E-state index in [9.17, 15) is 0 Å². The van der Waals surface area contributed by atoms with Gasteiger partial charge in [0, 0.05) is 32.7 Å². The average molecular weight is 245 g/mol. The van der Waals surface area contributed by atoms with E-state index >= 15 is 0 Å². The molecule has 0 aliphatic heterocycles. The largest absolute Gasteiger partial charge is 0.387 e. The van der Waals surface area contributed by atoms with Crippen LogP contribution in [-0.2, 0) is 9.47 Å². The highest BCUT2D eigenvalue weighted by atomic mass is 16.5. The zero-order chi connectivity index (χ0) is 13.1. The van der Waals surface area contributed by atoms with Crippen LogP contribution in [0.25, 0.3) is 0 Å². The third kappa shape index (κ3) is 9.09. The Morgan fingerprint density at radius 2 is 2.06 bits per heavy atom. The van der Waals surface area contributed by atoms with Gasteiger partial charge in [0.05, 0.1) is 19.0 Å². The maximum Gasteiger partial charge on any atom is 0.0947 e. The minimum atomic E-state index is 0.129. The summed E-state index contributed by atoms with van der Waals surface area (Å²) in [6.45, 7) is 9.00. The Hall–Kier alpha value is -0.650. The Balaban J connectivity index is 3.57. The van der Waals surface area contributed by atoms with Crippen LogP contribution in [-0.4, -0.2) is 57.3 Å². The van der Waals surface area contributed by atoms with E-state index in [1.807, 2.05) is 6.92 Å². The highest BCUT2D eigenvalue weighted by Crippen LogP contribution is 2.00. The van der Waals surface area contributed by atoms with Gasteiger partial charge in [-0.1, -0.05) is 13.8 Å². The summed E-state index contributed by atoms with van der Waals surface area (Å²) in [5.41, 5.74) is 5.47. The molecule has 0 radical (unpaired) electrons. The van der Waals surface area contributed by atoms with Crippen molar-refractivity contribution in [3.63, 3.8) is 0 Å². The lowest BCUT2D eigenvalue weighted by atomic mass is 10.1. The van der Waals surface area contributed by atoms with Crippen LogP contribution in [0.15, 0.2) is 0 Å². The van der Waals surface area contributed by atoms with Gasteiger partial charge in [0.15, 0.2) is 0 Å². The number of nitrogens with zero attached hydrogens (tertiary/aromatic N) is 1. The fourth-order valence-corrected chi connectivity index (χ4v) is 1.50. The molecule has 3 N–H and O–H groups in total. The van der Waals surface area contributed by atoms with Crippen LogP contribution in [0, 0.1) is 11.3 Å². The molecule has 0 fully saturated rings. The van der Waals surface area contributed by atoms with Gasteiger partial charge in [-0.2, -0.15) is 0 Å². The van der Waals surface area contributed by atoms with E-state index in [1.165, 1.54) is 0 Å². The van der Waals surface area contributed by atoms with Crippen LogP contribution >= 0.6 is 0 Å². The fraction of sp³-hybridized carbons (Fsp3) is 0.917. The molecular formula is C12H27N3O2. The number of hydrogen-bond acceptors (Lipinski definition) is 4. The Morgan fingerprint density at radius 1 is 1.35 bits per heavy atom. The van der Waals surface area contributed by atoms with Crippen molar-refractivity contribution in [2.24, 2.45) is 11.7 Å². The molecule has 17 heavy (non-hydrogen) atoms. The molecule has 1 unspecified atom stereocenters. The highest BCUT2D eigenvalue weighted by molar-refractivity contribution is 5.79. The standard InChI is InChI=1S/C12H27N3O2/c1-4-15(10-11(2)12(13)14)6-5-7-17-9-8-16-3/h11H,4-10H2,1-3H3,(H3,13,14). The Labute approximate surface area is 105 Å². The third-order valence-electron chi connectivity index (χ3n) is 2.71. The monoisotopic (exact) mass is 245 g/mol. The lowest BCUT2D eigenvalue weighted by Gasteiger charge is -2.23. The molecule has 5 heteroatoms. The number of methoxy groups -OCH3 is 1. The molecule has 0 rings (SSSR count). The normalized spacial score (nSPS) is 12.9.